The van der Waals surface area contributed by atoms with Gasteiger partial charge in [-0.05, 0) is 46.5 Å². The quantitative estimate of drug-likeness (QED) is 0.222. The van der Waals surface area contributed by atoms with Crippen molar-refractivity contribution in [3.8, 4) is 33.4 Å². The van der Waals surface area contributed by atoms with Gasteiger partial charge >= 0.3 is 0 Å². The van der Waals surface area contributed by atoms with E-state index < -0.39 is 102 Å². The molecule has 1 aromatic heterocycles. The fraction of sp³-hybridized carbons (Fsp3) is 0. The highest BCUT2D eigenvalue weighted by Crippen LogP contribution is 2.43. The van der Waals surface area contributed by atoms with Crippen LogP contribution in [0.5, 0.6) is 0 Å². The van der Waals surface area contributed by atoms with E-state index in [0.29, 0.717) is 23.0 Å². The van der Waals surface area contributed by atoms with Crippen LogP contribution in [0.25, 0.3) is 44.5 Å². The number of rotatable bonds is 6. The van der Waals surface area contributed by atoms with Crippen LogP contribution in [0.2, 0.25) is 0 Å². The van der Waals surface area contributed by atoms with E-state index in [1.54, 1.807) is 24.3 Å². The van der Waals surface area contributed by atoms with Gasteiger partial charge in [0.05, 0.1) is 38.2 Å². The summed E-state index contributed by atoms with van der Waals surface area (Å²) in [6.07, 6.45) is 0. The summed E-state index contributed by atoms with van der Waals surface area (Å²) in [5.74, 6) is 0. The van der Waals surface area contributed by atoms with Crippen molar-refractivity contribution < 1.29 is 25.0 Å². The Morgan fingerprint density at radius 3 is 1.77 bits per heavy atom. The second kappa shape index (κ2) is 9.53. The van der Waals surface area contributed by atoms with E-state index in [1.165, 1.54) is 12.1 Å². The van der Waals surface area contributed by atoms with Gasteiger partial charge in [-0.1, -0.05) is 103 Å². The zero-order valence-electron chi connectivity index (χ0n) is 32.7. The highest BCUT2D eigenvalue weighted by atomic mass is 32.2. The normalized spacial score (nSPS) is 17.0. The van der Waals surface area contributed by atoms with E-state index >= 15 is 0 Å². The fourth-order valence-electron chi connectivity index (χ4n) is 3.40. The molecule has 0 aliphatic carbocycles. The molecule has 0 aliphatic heterocycles. The summed E-state index contributed by atoms with van der Waals surface area (Å²) in [6.45, 7) is 0. The topological polar surface area (TPSA) is 40.1 Å². The molecular weight excluding hydrogens is 448 g/mol. The summed E-state index contributed by atoms with van der Waals surface area (Å²) in [6, 6.07) is -1.00. The third kappa shape index (κ3) is 4.44. The molecule has 0 saturated carbocycles. The van der Waals surface area contributed by atoms with Crippen LogP contribution in [-0.4, -0.2) is 4.98 Å². The van der Waals surface area contributed by atoms with E-state index in [1.807, 2.05) is 0 Å². The molecule has 0 fully saturated rings. The van der Waals surface area contributed by atoms with Crippen molar-refractivity contribution in [2.75, 3.05) is 0 Å². The first-order chi connectivity index (χ1) is 23.6. The average Bonchev–Trinajstić information content (AvgIpc) is 3.52. The predicted octanol–water partition coefficient (Wildman–Crippen LogP) is 8.77. The number of nitrogens with zero attached hydrogens (tertiary/aromatic N) is 2. The maximum Gasteiger partial charge on any atom is 0.279 e. The second-order valence-corrected chi connectivity index (χ2v) is 7.76. The van der Waals surface area contributed by atoms with Crippen LogP contribution in [0.1, 0.15) is 20.6 Å². The summed E-state index contributed by atoms with van der Waals surface area (Å²) in [5, 5.41) is 0.0138. The molecule has 0 bridgehead atoms. The van der Waals surface area contributed by atoms with Crippen LogP contribution in [0.3, 0.4) is 0 Å². The molecule has 0 aliphatic rings. The lowest BCUT2D eigenvalue weighted by Gasteiger charge is -2.17. The third-order valence-corrected chi connectivity index (χ3v) is 5.53. The standard InChI is InChI=1S/C31H21N2OS/c1-4-12-22(13-5-1)25-20-26(23-14-6-2-7-15-23)30(27(21-25)24-16-8-3-9-17-24)33-35-31-32-28-18-10-11-19-29(28)34-31/h1-21H/i1D,2D,3D,4D,5D,6D,7D,8D,9D,12D,13D,14D,15D,16D,17D. The van der Waals surface area contributed by atoms with Crippen LogP contribution < -0.4 is 4.72 Å². The molecule has 0 saturated heterocycles. The molecule has 0 N–H and O–H groups in total. The third-order valence-electron chi connectivity index (χ3n) is 4.93. The molecule has 6 aromatic rings. The Bertz CT molecular complexity index is 2200. The van der Waals surface area contributed by atoms with Crippen molar-refractivity contribution >= 4 is 28.7 Å². The summed E-state index contributed by atoms with van der Waals surface area (Å²) in [4.78, 5) is 4.37. The number of hydrogen-bond donors (Lipinski definition) is 0. The Kier molecular flexibility index (Phi) is 2.87. The van der Waals surface area contributed by atoms with E-state index in [2.05, 4.69) is 9.71 Å². The van der Waals surface area contributed by atoms with E-state index in [4.69, 9.17) is 25.0 Å². The first-order valence-electron chi connectivity index (χ1n) is 17.7. The Balaban J connectivity index is 1.78. The van der Waals surface area contributed by atoms with Crippen molar-refractivity contribution in [3.05, 3.63) is 127 Å². The first kappa shape index (κ1) is 10.5. The van der Waals surface area contributed by atoms with Gasteiger partial charge in [0.15, 0.2) is 5.58 Å². The smallest absolute Gasteiger partial charge is 0.279 e. The van der Waals surface area contributed by atoms with Gasteiger partial charge in [0.1, 0.15) is 5.52 Å². The number of para-hydroxylation sites is 2. The summed E-state index contributed by atoms with van der Waals surface area (Å²) in [7, 11) is 0. The highest BCUT2D eigenvalue weighted by Gasteiger charge is 2.18. The molecule has 1 heterocycles. The van der Waals surface area contributed by atoms with Gasteiger partial charge < -0.3 is 4.42 Å². The van der Waals surface area contributed by atoms with E-state index in [0.717, 1.165) is 0 Å². The molecule has 0 atom stereocenters. The lowest BCUT2D eigenvalue weighted by atomic mass is 9.91. The fourth-order valence-corrected chi connectivity index (χ4v) is 4.03. The zero-order chi connectivity index (χ0) is 36.5. The minimum Gasteiger partial charge on any atom is -0.430 e. The molecule has 4 heteroatoms. The monoisotopic (exact) mass is 484 g/mol. The van der Waals surface area contributed by atoms with Gasteiger partial charge in [0.2, 0.25) is 0 Å². The van der Waals surface area contributed by atoms with Crippen molar-refractivity contribution in [2.24, 2.45) is 0 Å². The SMILES string of the molecule is [2H]c1c([2H])c([2H])c(-c2cc(-c3c([2H])c([2H])c([2H])c([2H])c3[2H])c([N]Sc3nc4ccccc4o3)c(-c3c([2H])c([2H])c([2H])c([2H])c3[2H])c2)c([2H])c1[2H]. The Labute approximate surface area is 229 Å². The number of oxazole rings is 1. The van der Waals surface area contributed by atoms with Gasteiger partial charge in [-0.25, -0.2) is 9.71 Å². The Morgan fingerprint density at radius 2 is 1.20 bits per heavy atom. The van der Waals surface area contributed by atoms with Gasteiger partial charge in [-0.3, -0.25) is 0 Å². The van der Waals surface area contributed by atoms with Crippen LogP contribution in [0.15, 0.2) is 137 Å². The van der Waals surface area contributed by atoms with Crippen molar-refractivity contribution in [1.29, 1.82) is 0 Å². The molecular formula is C31H21N2OS. The Morgan fingerprint density at radius 1 is 0.657 bits per heavy atom. The molecule has 35 heavy (non-hydrogen) atoms. The van der Waals surface area contributed by atoms with Crippen LogP contribution >= 0.6 is 11.9 Å². The maximum atomic E-state index is 8.78. The molecule has 167 valence electrons. The number of benzene rings is 5. The van der Waals surface area contributed by atoms with Crippen LogP contribution in [0, 0.1) is 0 Å². The summed E-state index contributed by atoms with van der Waals surface area (Å²) in [5.41, 5.74) is -1.09. The van der Waals surface area contributed by atoms with Crippen molar-refractivity contribution in [1.82, 2.24) is 9.71 Å². The number of fused-ring (bicyclic) bond motifs is 1. The van der Waals surface area contributed by atoms with Crippen LogP contribution in [0.4, 0.5) is 5.69 Å². The second-order valence-electron chi connectivity index (χ2n) is 7.05. The molecule has 0 spiro atoms. The average molecular weight is 485 g/mol. The highest BCUT2D eigenvalue weighted by molar-refractivity contribution is 7.97. The number of aromatic nitrogens is 1. The maximum absolute atomic E-state index is 8.78. The summed E-state index contributed by atoms with van der Waals surface area (Å²) < 4.78 is 137. The van der Waals surface area contributed by atoms with Crippen molar-refractivity contribution in [2.45, 2.75) is 5.22 Å². The minimum absolute atomic E-state index is 0.0138. The molecule has 5 aromatic carbocycles. The van der Waals surface area contributed by atoms with Crippen molar-refractivity contribution in [3.63, 3.8) is 0 Å². The van der Waals surface area contributed by atoms with E-state index in [-0.39, 0.29) is 33.2 Å². The van der Waals surface area contributed by atoms with Crippen LogP contribution in [-0.2, 0) is 0 Å². The number of hydrogen-bond acceptors (Lipinski definition) is 3. The first-order valence-corrected chi connectivity index (χ1v) is 11.0. The molecule has 1 radical (unpaired) electrons. The minimum atomic E-state index is -0.712. The molecule has 3 nitrogen and oxygen atoms in total. The molecule has 0 amide bonds. The Hall–Kier alpha value is -4.28. The van der Waals surface area contributed by atoms with Gasteiger partial charge in [-0.2, -0.15) is 0 Å². The molecule has 0 unspecified atom stereocenters. The van der Waals surface area contributed by atoms with Gasteiger partial charge in [-0.15, -0.1) is 0 Å². The van der Waals surface area contributed by atoms with E-state index in [9.17, 15) is 0 Å². The largest absolute Gasteiger partial charge is 0.430 e. The van der Waals surface area contributed by atoms with Gasteiger partial charge in [0.25, 0.3) is 5.22 Å². The molecule has 6 rings (SSSR count). The lowest BCUT2D eigenvalue weighted by Crippen LogP contribution is -1.96. The summed E-state index contributed by atoms with van der Waals surface area (Å²) >= 11 is 0.660. The lowest BCUT2D eigenvalue weighted by molar-refractivity contribution is 0.489. The van der Waals surface area contributed by atoms with Gasteiger partial charge in [0, 0.05) is 11.1 Å². The predicted molar refractivity (Wildman–Crippen MR) is 144 cm³/mol. The zero-order valence-corrected chi connectivity index (χ0v) is 18.5.